The molecular weight excluding hydrogens is 458 g/mol. The topological polar surface area (TPSA) is 73.1 Å². The maximum Gasteiger partial charge on any atom is 0.226 e. The molecule has 4 aliphatic rings. The van der Waals surface area contributed by atoms with E-state index in [1.807, 2.05) is 12.1 Å². The molecule has 6 nitrogen and oxygen atoms in total. The first-order valence-corrected chi connectivity index (χ1v) is 13.7. The SMILES string of the molecule is C=Cc1ccc2ccc(-c3cc(C#N)c(N4CCN(C(=O)C5CC5)C(C5CC5)C4)nc3C3CC3)cc2n1. The summed E-state index contributed by atoms with van der Waals surface area (Å²) in [5.74, 6) is 2.42. The number of nitrogens with zero attached hydrogens (tertiary/aromatic N) is 5. The van der Waals surface area contributed by atoms with Crippen LogP contribution in [0.4, 0.5) is 5.82 Å². The molecule has 37 heavy (non-hydrogen) atoms. The van der Waals surface area contributed by atoms with E-state index in [1.54, 1.807) is 6.08 Å². The van der Waals surface area contributed by atoms with Gasteiger partial charge in [-0.05, 0) is 74.3 Å². The highest BCUT2D eigenvalue weighted by Gasteiger charge is 2.45. The number of hydrogen-bond donors (Lipinski definition) is 0. The van der Waals surface area contributed by atoms with Crippen LogP contribution < -0.4 is 4.90 Å². The minimum atomic E-state index is 0.241. The Bertz CT molecular complexity index is 1460. The molecule has 3 saturated carbocycles. The highest BCUT2D eigenvalue weighted by Crippen LogP contribution is 2.46. The number of rotatable bonds is 6. The number of aromatic nitrogens is 2. The van der Waals surface area contributed by atoms with Crippen LogP contribution in [0.1, 0.15) is 61.4 Å². The molecule has 3 aliphatic carbocycles. The number of amides is 1. The van der Waals surface area contributed by atoms with Crippen LogP contribution in [0.3, 0.4) is 0 Å². The number of hydrogen-bond acceptors (Lipinski definition) is 5. The number of nitriles is 1. The van der Waals surface area contributed by atoms with E-state index in [2.05, 4.69) is 46.7 Å². The zero-order valence-electron chi connectivity index (χ0n) is 21.1. The van der Waals surface area contributed by atoms with Crippen LogP contribution in [0.2, 0.25) is 0 Å². The van der Waals surface area contributed by atoms with E-state index in [4.69, 9.17) is 9.97 Å². The van der Waals surface area contributed by atoms with Gasteiger partial charge in [0, 0.05) is 42.4 Å². The van der Waals surface area contributed by atoms with E-state index >= 15 is 0 Å². The molecule has 1 amide bonds. The van der Waals surface area contributed by atoms with Crippen molar-refractivity contribution >= 4 is 28.7 Å². The van der Waals surface area contributed by atoms with Crippen LogP contribution >= 0.6 is 0 Å². The number of pyridine rings is 2. The number of fused-ring (bicyclic) bond motifs is 1. The zero-order chi connectivity index (χ0) is 25.1. The molecule has 2 aromatic heterocycles. The average Bonchev–Trinajstić information content (AvgIpc) is 3.80. The van der Waals surface area contributed by atoms with Crippen molar-refractivity contribution in [2.75, 3.05) is 24.5 Å². The minimum Gasteiger partial charge on any atom is -0.352 e. The van der Waals surface area contributed by atoms with Gasteiger partial charge in [-0.25, -0.2) is 9.97 Å². The normalized spacial score (nSPS) is 21.6. The van der Waals surface area contributed by atoms with Gasteiger partial charge in [-0.2, -0.15) is 5.26 Å². The van der Waals surface area contributed by atoms with E-state index in [1.165, 1.54) is 12.8 Å². The molecule has 3 aromatic rings. The van der Waals surface area contributed by atoms with Crippen LogP contribution in [-0.2, 0) is 4.79 Å². The predicted octanol–water partition coefficient (Wildman–Crippen LogP) is 5.53. The first kappa shape index (κ1) is 22.5. The Labute approximate surface area is 217 Å². The van der Waals surface area contributed by atoms with Gasteiger partial charge in [0.1, 0.15) is 11.9 Å². The predicted molar refractivity (Wildman–Crippen MR) is 145 cm³/mol. The summed E-state index contributed by atoms with van der Waals surface area (Å²) >= 11 is 0. The smallest absolute Gasteiger partial charge is 0.226 e. The third-order valence-corrected chi connectivity index (χ3v) is 8.44. The van der Waals surface area contributed by atoms with Crippen LogP contribution in [0, 0.1) is 23.2 Å². The standard InChI is InChI=1S/C31H31N5O/c1-2-25-12-11-19-3-10-23(16-27(19)33-25)26-15-24(17-32)30(34-29(26)21-6-7-21)35-13-14-36(31(37)22-8-9-22)28(18-35)20-4-5-20/h2-3,10-12,15-16,20-22,28H,1,4-9,13-14,18H2. The Morgan fingerprint density at radius 3 is 2.54 bits per heavy atom. The highest BCUT2D eigenvalue weighted by atomic mass is 16.2. The molecule has 1 aromatic carbocycles. The van der Waals surface area contributed by atoms with E-state index in [0.29, 0.717) is 23.3 Å². The second-order valence-electron chi connectivity index (χ2n) is 11.2. The number of carbonyl (C=O) groups is 1. The summed E-state index contributed by atoms with van der Waals surface area (Å²) in [6.45, 7) is 6.09. The third kappa shape index (κ3) is 4.17. The molecule has 3 heterocycles. The summed E-state index contributed by atoms with van der Waals surface area (Å²) in [6, 6.07) is 15.1. The summed E-state index contributed by atoms with van der Waals surface area (Å²) in [7, 11) is 0. The summed E-state index contributed by atoms with van der Waals surface area (Å²) < 4.78 is 0. The Morgan fingerprint density at radius 2 is 1.84 bits per heavy atom. The van der Waals surface area contributed by atoms with Crippen molar-refractivity contribution in [1.29, 1.82) is 5.26 Å². The lowest BCUT2D eigenvalue weighted by Crippen LogP contribution is -2.57. The van der Waals surface area contributed by atoms with Crippen molar-refractivity contribution in [1.82, 2.24) is 14.9 Å². The summed E-state index contributed by atoms with van der Waals surface area (Å²) in [6.07, 6.45) is 8.50. The fourth-order valence-electron chi connectivity index (χ4n) is 5.88. The molecule has 186 valence electrons. The summed E-state index contributed by atoms with van der Waals surface area (Å²) in [4.78, 5) is 27.4. The van der Waals surface area contributed by atoms with Gasteiger partial charge < -0.3 is 9.80 Å². The van der Waals surface area contributed by atoms with Gasteiger partial charge in [0.05, 0.1) is 28.5 Å². The van der Waals surface area contributed by atoms with Crippen LogP contribution in [0.15, 0.2) is 43.0 Å². The molecule has 1 aliphatic heterocycles. The number of piperazine rings is 1. The fourth-order valence-corrected chi connectivity index (χ4v) is 5.88. The Kier molecular flexibility index (Phi) is 5.28. The molecule has 0 radical (unpaired) electrons. The van der Waals surface area contributed by atoms with Crippen molar-refractivity contribution < 1.29 is 4.79 Å². The quantitative estimate of drug-likeness (QED) is 0.455. The molecule has 1 saturated heterocycles. The molecule has 1 unspecified atom stereocenters. The molecule has 0 bridgehead atoms. The Balaban J connectivity index is 1.26. The van der Waals surface area contributed by atoms with Gasteiger partial charge in [0.15, 0.2) is 0 Å². The summed E-state index contributed by atoms with van der Waals surface area (Å²) in [5, 5.41) is 11.3. The van der Waals surface area contributed by atoms with E-state index < -0.39 is 0 Å². The van der Waals surface area contributed by atoms with Crippen molar-refractivity contribution in [3.63, 3.8) is 0 Å². The maximum absolute atomic E-state index is 13.0. The van der Waals surface area contributed by atoms with Gasteiger partial charge in [-0.1, -0.05) is 24.8 Å². The van der Waals surface area contributed by atoms with Crippen molar-refractivity contribution in [3.8, 4) is 17.2 Å². The molecule has 7 rings (SSSR count). The molecule has 0 spiro atoms. The van der Waals surface area contributed by atoms with Crippen molar-refractivity contribution in [2.45, 2.75) is 50.5 Å². The summed E-state index contributed by atoms with van der Waals surface area (Å²) in [5.41, 5.74) is 5.56. The van der Waals surface area contributed by atoms with Crippen LogP contribution in [0.25, 0.3) is 28.1 Å². The monoisotopic (exact) mass is 489 g/mol. The minimum absolute atomic E-state index is 0.241. The average molecular weight is 490 g/mol. The third-order valence-electron chi connectivity index (χ3n) is 8.44. The lowest BCUT2D eigenvalue weighted by atomic mass is 9.97. The molecule has 6 heteroatoms. The lowest BCUT2D eigenvalue weighted by molar-refractivity contribution is -0.135. The lowest BCUT2D eigenvalue weighted by Gasteiger charge is -2.43. The van der Waals surface area contributed by atoms with Gasteiger partial charge in [-0.15, -0.1) is 0 Å². The molecule has 0 N–H and O–H groups in total. The Morgan fingerprint density at radius 1 is 1.03 bits per heavy atom. The van der Waals surface area contributed by atoms with Crippen LogP contribution in [-0.4, -0.2) is 46.5 Å². The second kappa shape index (κ2) is 8.69. The largest absolute Gasteiger partial charge is 0.352 e. The number of benzene rings is 1. The van der Waals surface area contributed by atoms with E-state index in [-0.39, 0.29) is 12.0 Å². The highest BCUT2D eigenvalue weighted by molar-refractivity contribution is 5.86. The van der Waals surface area contributed by atoms with E-state index in [9.17, 15) is 10.1 Å². The van der Waals surface area contributed by atoms with Crippen LogP contribution in [0.5, 0.6) is 0 Å². The van der Waals surface area contributed by atoms with Gasteiger partial charge in [0.25, 0.3) is 0 Å². The first-order chi connectivity index (χ1) is 18.1. The number of anilines is 1. The second-order valence-corrected chi connectivity index (χ2v) is 11.2. The van der Waals surface area contributed by atoms with Gasteiger partial charge in [0.2, 0.25) is 5.91 Å². The van der Waals surface area contributed by atoms with E-state index in [0.717, 1.165) is 84.6 Å². The first-order valence-electron chi connectivity index (χ1n) is 13.7. The van der Waals surface area contributed by atoms with Crippen molar-refractivity contribution in [3.05, 3.63) is 59.9 Å². The fraction of sp³-hybridized carbons (Fsp3) is 0.419. The van der Waals surface area contributed by atoms with Crippen molar-refractivity contribution in [2.24, 2.45) is 11.8 Å². The zero-order valence-corrected chi connectivity index (χ0v) is 21.1. The maximum atomic E-state index is 13.0. The number of carbonyl (C=O) groups excluding carboxylic acids is 1. The molecule has 4 fully saturated rings. The van der Waals surface area contributed by atoms with Gasteiger partial charge in [-0.3, -0.25) is 4.79 Å². The molecule has 1 atom stereocenters. The van der Waals surface area contributed by atoms with Gasteiger partial charge >= 0.3 is 0 Å². The Hall–Kier alpha value is -3.72. The molecular formula is C31H31N5O.